The van der Waals surface area contributed by atoms with E-state index in [1.54, 1.807) is 6.08 Å². The van der Waals surface area contributed by atoms with Crippen molar-refractivity contribution in [2.24, 2.45) is 0 Å². The molecule has 1 heterocycles. The summed E-state index contributed by atoms with van der Waals surface area (Å²) >= 11 is 0. The number of hydrogen-bond donors (Lipinski definition) is 1. The van der Waals surface area contributed by atoms with Crippen LogP contribution in [0.25, 0.3) is 11.8 Å². The summed E-state index contributed by atoms with van der Waals surface area (Å²) in [6.45, 7) is 10.6. The van der Waals surface area contributed by atoms with Crippen molar-refractivity contribution in [1.82, 2.24) is 9.88 Å². The maximum absolute atomic E-state index is 11.7. The molecule has 0 aliphatic carbocycles. The van der Waals surface area contributed by atoms with E-state index >= 15 is 0 Å². The SMILES string of the molecule is CNC(=O)/C(C#N)=C/c1cc(C)n(-c2ccc(C(C)(C)C)cc2)c1C. The lowest BCUT2D eigenvalue weighted by atomic mass is 9.87. The van der Waals surface area contributed by atoms with Gasteiger partial charge in [0.2, 0.25) is 0 Å². The summed E-state index contributed by atoms with van der Waals surface area (Å²) in [6.07, 6.45) is 1.64. The van der Waals surface area contributed by atoms with Crippen molar-refractivity contribution in [2.45, 2.75) is 40.0 Å². The molecule has 0 atom stereocenters. The number of nitrogens with zero attached hydrogens (tertiary/aromatic N) is 2. The van der Waals surface area contributed by atoms with Crippen molar-refractivity contribution in [3.05, 3.63) is 58.4 Å². The van der Waals surface area contributed by atoms with Crippen LogP contribution in [-0.4, -0.2) is 17.5 Å². The van der Waals surface area contributed by atoms with Crippen LogP contribution >= 0.6 is 0 Å². The molecule has 0 spiro atoms. The van der Waals surface area contributed by atoms with E-state index in [0.717, 1.165) is 22.6 Å². The average Bonchev–Trinajstić information content (AvgIpc) is 2.85. The van der Waals surface area contributed by atoms with Gasteiger partial charge < -0.3 is 9.88 Å². The number of nitriles is 1. The Morgan fingerprint density at radius 3 is 2.28 bits per heavy atom. The van der Waals surface area contributed by atoms with E-state index in [9.17, 15) is 10.1 Å². The molecule has 0 aliphatic rings. The lowest BCUT2D eigenvalue weighted by Crippen LogP contribution is -2.19. The summed E-state index contributed by atoms with van der Waals surface area (Å²) in [7, 11) is 1.52. The van der Waals surface area contributed by atoms with E-state index in [1.165, 1.54) is 12.6 Å². The summed E-state index contributed by atoms with van der Waals surface area (Å²) in [4.78, 5) is 11.7. The quantitative estimate of drug-likeness (QED) is 0.680. The van der Waals surface area contributed by atoms with Crippen LogP contribution in [-0.2, 0) is 10.2 Å². The number of hydrogen-bond acceptors (Lipinski definition) is 2. The highest BCUT2D eigenvalue weighted by Gasteiger charge is 2.15. The van der Waals surface area contributed by atoms with Gasteiger partial charge in [-0.3, -0.25) is 4.79 Å². The highest BCUT2D eigenvalue weighted by Crippen LogP contribution is 2.26. The van der Waals surface area contributed by atoms with Crippen LogP contribution in [0, 0.1) is 25.2 Å². The first-order chi connectivity index (χ1) is 11.7. The van der Waals surface area contributed by atoms with Gasteiger partial charge in [-0.15, -0.1) is 0 Å². The largest absolute Gasteiger partial charge is 0.354 e. The maximum Gasteiger partial charge on any atom is 0.261 e. The lowest BCUT2D eigenvalue weighted by Gasteiger charge is -2.20. The molecular weight excluding hydrogens is 310 g/mol. The fraction of sp³-hybridized carbons (Fsp3) is 0.333. The second-order valence-electron chi connectivity index (χ2n) is 7.21. The van der Waals surface area contributed by atoms with E-state index in [0.29, 0.717) is 0 Å². The summed E-state index contributed by atoms with van der Waals surface area (Å²) in [5, 5.41) is 11.7. The van der Waals surface area contributed by atoms with Crippen LogP contribution in [0.4, 0.5) is 0 Å². The van der Waals surface area contributed by atoms with E-state index in [4.69, 9.17) is 0 Å². The molecule has 2 aromatic rings. The number of nitrogens with one attached hydrogen (secondary N) is 1. The number of benzene rings is 1. The molecule has 0 unspecified atom stereocenters. The second kappa shape index (κ2) is 6.98. The lowest BCUT2D eigenvalue weighted by molar-refractivity contribution is -0.116. The Morgan fingerprint density at radius 2 is 1.80 bits per heavy atom. The minimum Gasteiger partial charge on any atom is -0.354 e. The van der Waals surface area contributed by atoms with Gasteiger partial charge in [0, 0.05) is 24.1 Å². The maximum atomic E-state index is 11.7. The molecule has 1 N–H and O–H groups in total. The van der Waals surface area contributed by atoms with E-state index in [-0.39, 0.29) is 16.9 Å². The predicted molar refractivity (Wildman–Crippen MR) is 102 cm³/mol. The Labute approximate surface area is 149 Å². The summed E-state index contributed by atoms with van der Waals surface area (Å²) < 4.78 is 2.14. The van der Waals surface area contributed by atoms with Crippen LogP contribution in [0.1, 0.15) is 43.3 Å². The number of aromatic nitrogens is 1. The average molecular weight is 335 g/mol. The van der Waals surface area contributed by atoms with E-state index in [2.05, 4.69) is 54.9 Å². The highest BCUT2D eigenvalue weighted by molar-refractivity contribution is 6.01. The molecular formula is C21H25N3O. The van der Waals surface area contributed by atoms with Gasteiger partial charge in [0.05, 0.1) is 0 Å². The van der Waals surface area contributed by atoms with Crippen LogP contribution in [0.3, 0.4) is 0 Å². The Kier molecular flexibility index (Phi) is 5.18. The van der Waals surface area contributed by atoms with Gasteiger partial charge >= 0.3 is 0 Å². The fourth-order valence-electron chi connectivity index (χ4n) is 2.88. The number of rotatable bonds is 3. The van der Waals surface area contributed by atoms with Crippen molar-refractivity contribution in [2.75, 3.05) is 7.05 Å². The monoisotopic (exact) mass is 335 g/mol. The molecule has 1 aromatic heterocycles. The van der Waals surface area contributed by atoms with Gasteiger partial charge in [-0.1, -0.05) is 32.9 Å². The summed E-state index contributed by atoms with van der Waals surface area (Å²) in [5.74, 6) is -0.373. The number of likely N-dealkylation sites (N-methyl/N-ethyl adjacent to an activating group) is 1. The Bertz CT molecular complexity index is 856. The van der Waals surface area contributed by atoms with Crippen molar-refractivity contribution >= 4 is 12.0 Å². The molecule has 4 nitrogen and oxygen atoms in total. The molecule has 25 heavy (non-hydrogen) atoms. The molecule has 0 fully saturated rings. The first-order valence-corrected chi connectivity index (χ1v) is 8.32. The van der Waals surface area contributed by atoms with Crippen molar-refractivity contribution < 1.29 is 4.79 Å². The third kappa shape index (κ3) is 3.83. The van der Waals surface area contributed by atoms with Gasteiger partial charge in [-0.2, -0.15) is 5.26 Å². The molecule has 0 bridgehead atoms. The van der Waals surface area contributed by atoms with E-state index < -0.39 is 0 Å². The number of aryl methyl sites for hydroxylation is 1. The Hall–Kier alpha value is -2.80. The van der Waals surface area contributed by atoms with Crippen molar-refractivity contribution in [1.29, 1.82) is 5.26 Å². The van der Waals surface area contributed by atoms with Crippen LogP contribution in [0.15, 0.2) is 35.9 Å². The normalized spacial score (nSPS) is 12.0. The third-order valence-corrected chi connectivity index (χ3v) is 4.35. The smallest absolute Gasteiger partial charge is 0.261 e. The van der Waals surface area contributed by atoms with Crippen molar-refractivity contribution in [3.63, 3.8) is 0 Å². The predicted octanol–water partition coefficient (Wildman–Crippen LogP) is 4.04. The molecule has 0 saturated heterocycles. The molecule has 4 heteroatoms. The standard InChI is InChI=1S/C21H25N3O/c1-14-11-16(12-17(13-22)20(25)23-6)15(2)24(14)19-9-7-18(8-10-19)21(3,4)5/h7-12H,1-6H3,(H,23,25)/b17-12+. The fourth-order valence-corrected chi connectivity index (χ4v) is 2.88. The zero-order chi connectivity index (χ0) is 18.8. The molecule has 2 rings (SSSR count). The van der Waals surface area contributed by atoms with Gasteiger partial charge in [0.1, 0.15) is 11.6 Å². The van der Waals surface area contributed by atoms with Gasteiger partial charge in [0.25, 0.3) is 5.91 Å². The van der Waals surface area contributed by atoms with Crippen LogP contribution < -0.4 is 5.32 Å². The Balaban J connectivity index is 2.49. The Morgan fingerprint density at radius 1 is 1.20 bits per heavy atom. The topological polar surface area (TPSA) is 57.8 Å². The van der Waals surface area contributed by atoms with E-state index in [1.807, 2.05) is 26.0 Å². The number of carbonyl (C=O) groups is 1. The molecule has 1 aromatic carbocycles. The molecule has 0 aliphatic heterocycles. The molecule has 1 amide bonds. The highest BCUT2D eigenvalue weighted by atomic mass is 16.1. The number of carbonyl (C=O) groups excluding carboxylic acids is 1. The minimum absolute atomic E-state index is 0.103. The van der Waals surface area contributed by atoms with Gasteiger partial charge in [0.15, 0.2) is 0 Å². The zero-order valence-corrected chi connectivity index (χ0v) is 15.8. The first-order valence-electron chi connectivity index (χ1n) is 8.32. The third-order valence-electron chi connectivity index (χ3n) is 4.35. The molecule has 0 radical (unpaired) electrons. The summed E-state index contributed by atoms with van der Waals surface area (Å²) in [6, 6.07) is 12.5. The molecule has 130 valence electrons. The number of amides is 1. The summed E-state index contributed by atoms with van der Waals surface area (Å²) in [5.41, 5.74) is 5.50. The van der Waals surface area contributed by atoms with Gasteiger partial charge in [-0.05, 0) is 54.7 Å². The molecule has 0 saturated carbocycles. The zero-order valence-electron chi connectivity index (χ0n) is 15.8. The van der Waals surface area contributed by atoms with Gasteiger partial charge in [-0.25, -0.2) is 0 Å². The first kappa shape index (κ1) is 18.5. The second-order valence-corrected chi connectivity index (χ2v) is 7.21. The van der Waals surface area contributed by atoms with Crippen molar-refractivity contribution in [3.8, 4) is 11.8 Å². The minimum atomic E-state index is -0.373. The van der Waals surface area contributed by atoms with Crippen LogP contribution in [0.2, 0.25) is 0 Å². The van der Waals surface area contributed by atoms with Crippen LogP contribution in [0.5, 0.6) is 0 Å².